The minimum Gasteiger partial charge on any atom is -0.269 e. The fourth-order valence-electron chi connectivity index (χ4n) is 0.289. The van der Waals surface area contributed by atoms with E-state index in [1.165, 1.54) is 12.3 Å². The molecule has 0 bridgehead atoms. The van der Waals surface area contributed by atoms with Crippen molar-refractivity contribution < 1.29 is 9.41 Å². The molecule has 10 heavy (non-hydrogen) atoms. The van der Waals surface area contributed by atoms with E-state index in [0.717, 1.165) is 16.5 Å². The van der Waals surface area contributed by atoms with E-state index >= 15 is 0 Å². The van der Waals surface area contributed by atoms with E-state index in [2.05, 4.69) is 13.2 Å². The van der Waals surface area contributed by atoms with Gasteiger partial charge in [0.15, 0.2) is 0 Å². The summed E-state index contributed by atoms with van der Waals surface area (Å²) in [6, 6.07) is 0. The van der Waals surface area contributed by atoms with E-state index in [-0.39, 0.29) is 9.41 Å². The largest absolute Gasteiger partial charge is 0.269 e. The molecule has 2 atom stereocenters. The van der Waals surface area contributed by atoms with Crippen LogP contribution in [-0.4, -0.2) is 12.3 Å². The van der Waals surface area contributed by atoms with Gasteiger partial charge in [0.1, 0.15) is 0 Å². The van der Waals surface area contributed by atoms with Crippen LogP contribution in [0, 0.1) is 0 Å². The van der Waals surface area contributed by atoms with Crippen molar-refractivity contribution in [3.63, 3.8) is 0 Å². The molecule has 62 valence electrons. The van der Waals surface area contributed by atoms with Crippen molar-refractivity contribution >= 4 is 16.5 Å². The second-order valence-electron chi connectivity index (χ2n) is 1.34. The molecule has 0 aromatic heterocycles. The molecule has 0 saturated carbocycles. The normalized spacial score (nSPS) is 9.20. The predicted octanol–water partition coefficient (Wildman–Crippen LogP) is 2.94. The number of rotatable bonds is 5. The van der Waals surface area contributed by atoms with E-state index in [1.807, 2.05) is 12.2 Å². The van der Waals surface area contributed by atoms with Crippen LogP contribution >= 0.6 is 16.5 Å². The Morgan fingerprint density at radius 2 is 1.20 bits per heavy atom. The van der Waals surface area contributed by atoms with Crippen molar-refractivity contribution in [1.29, 1.82) is 0 Å². The summed E-state index contributed by atoms with van der Waals surface area (Å²) in [6.45, 7) is 7.29. The molecule has 0 fully saturated rings. The number of allylic oxidation sites excluding steroid dienone is 2. The lowest BCUT2D eigenvalue weighted by Gasteiger charge is -1.90. The Balaban J connectivity index is -0.000000245. The molecule has 0 aliphatic carbocycles. The van der Waals surface area contributed by atoms with Gasteiger partial charge in [0.25, 0.3) is 0 Å². The maximum Gasteiger partial charge on any atom is -0.0138 e. The molecule has 0 amide bonds. The Morgan fingerprint density at radius 1 is 0.900 bits per heavy atom. The smallest absolute Gasteiger partial charge is 0.0138 e. The first-order valence-electron chi connectivity index (χ1n) is 2.59. The minimum absolute atomic E-state index is 0. The molecule has 0 nitrogen and oxygen atoms in total. The molecule has 2 unspecified atom stereocenters. The van der Waals surface area contributed by atoms with Gasteiger partial charge in [0, 0.05) is 0 Å². The van der Waals surface area contributed by atoms with Crippen molar-refractivity contribution in [2.24, 2.45) is 0 Å². The SMILES string of the molecule is C=CCPPCC=C.F.F. The van der Waals surface area contributed by atoms with Gasteiger partial charge in [0.05, 0.1) is 0 Å². The first-order valence-corrected chi connectivity index (χ1v) is 6.00. The summed E-state index contributed by atoms with van der Waals surface area (Å²) < 4.78 is 0. The van der Waals surface area contributed by atoms with Crippen LogP contribution in [0.15, 0.2) is 25.3 Å². The van der Waals surface area contributed by atoms with Crippen LogP contribution in [0.1, 0.15) is 0 Å². The number of hydrogen-bond acceptors (Lipinski definition) is 0. The van der Waals surface area contributed by atoms with Gasteiger partial charge in [-0.25, -0.2) is 0 Å². The van der Waals surface area contributed by atoms with Gasteiger partial charge in [-0.3, -0.25) is 9.41 Å². The van der Waals surface area contributed by atoms with Crippen LogP contribution < -0.4 is 0 Å². The summed E-state index contributed by atoms with van der Waals surface area (Å²) >= 11 is 0. The Hall–Kier alpha value is 0.200. The third kappa shape index (κ3) is 15.7. The molecule has 0 aliphatic heterocycles. The highest BCUT2D eigenvalue weighted by Crippen LogP contribution is 2.35. The topological polar surface area (TPSA) is 0 Å². The average molecular weight is 186 g/mol. The van der Waals surface area contributed by atoms with Gasteiger partial charge in [-0.15, -0.1) is 13.2 Å². The van der Waals surface area contributed by atoms with Gasteiger partial charge in [0.2, 0.25) is 0 Å². The van der Waals surface area contributed by atoms with E-state index in [1.54, 1.807) is 0 Å². The Labute approximate surface area is 64.4 Å². The van der Waals surface area contributed by atoms with Gasteiger partial charge < -0.3 is 0 Å². The molecule has 0 aromatic rings. The van der Waals surface area contributed by atoms with Gasteiger partial charge in [-0.1, -0.05) is 28.7 Å². The van der Waals surface area contributed by atoms with Crippen LogP contribution in [0.4, 0.5) is 9.41 Å². The second kappa shape index (κ2) is 16.1. The number of hydrogen-bond donors (Lipinski definition) is 0. The maximum absolute atomic E-state index is 3.64. The summed E-state index contributed by atoms with van der Waals surface area (Å²) in [5, 5.41) is 0. The highest BCUT2D eigenvalue weighted by molar-refractivity contribution is 8.12. The van der Waals surface area contributed by atoms with Gasteiger partial charge >= 0.3 is 0 Å². The fourth-order valence-corrected chi connectivity index (χ4v) is 2.60. The van der Waals surface area contributed by atoms with Crippen LogP contribution in [0.5, 0.6) is 0 Å². The molecule has 0 aliphatic rings. The summed E-state index contributed by atoms with van der Waals surface area (Å²) in [4.78, 5) is 0. The van der Waals surface area contributed by atoms with E-state index < -0.39 is 0 Å². The van der Waals surface area contributed by atoms with Crippen molar-refractivity contribution in [2.45, 2.75) is 0 Å². The zero-order valence-corrected chi connectivity index (χ0v) is 7.80. The summed E-state index contributed by atoms with van der Waals surface area (Å²) in [5.74, 6) is 0. The van der Waals surface area contributed by atoms with E-state index in [4.69, 9.17) is 0 Å². The van der Waals surface area contributed by atoms with Crippen LogP contribution in [-0.2, 0) is 0 Å². The molecule has 0 radical (unpaired) electrons. The predicted molar refractivity (Wildman–Crippen MR) is 51.8 cm³/mol. The van der Waals surface area contributed by atoms with E-state index in [9.17, 15) is 0 Å². The summed E-state index contributed by atoms with van der Waals surface area (Å²) in [5.41, 5.74) is 0. The molecule has 0 saturated heterocycles. The molecule has 0 rings (SSSR count). The Morgan fingerprint density at radius 3 is 1.40 bits per heavy atom. The summed E-state index contributed by atoms with van der Waals surface area (Å²) in [7, 11) is 2.16. The Bertz CT molecular complexity index is 66.1. The molecular weight excluding hydrogens is 172 g/mol. The minimum atomic E-state index is 0. The molecule has 0 spiro atoms. The lowest BCUT2D eigenvalue weighted by Crippen LogP contribution is -1.58. The van der Waals surface area contributed by atoms with Crippen molar-refractivity contribution in [3.05, 3.63) is 25.3 Å². The third-order valence-corrected chi connectivity index (χ3v) is 3.83. The highest BCUT2D eigenvalue weighted by atomic mass is 32.0. The third-order valence-electron chi connectivity index (χ3n) is 0.618. The van der Waals surface area contributed by atoms with Crippen LogP contribution in [0.25, 0.3) is 0 Å². The monoisotopic (exact) mass is 186 g/mol. The zero-order chi connectivity index (χ0) is 6.24. The molecule has 0 heterocycles. The average Bonchev–Trinajstić information content (AvgIpc) is 1.81. The van der Waals surface area contributed by atoms with Crippen molar-refractivity contribution in [1.82, 2.24) is 0 Å². The molecule has 4 heteroatoms. The molecule has 0 N–H and O–H groups in total. The summed E-state index contributed by atoms with van der Waals surface area (Å²) in [6.07, 6.45) is 6.33. The lowest BCUT2D eigenvalue weighted by atomic mass is 10.8. The van der Waals surface area contributed by atoms with Crippen molar-refractivity contribution in [2.75, 3.05) is 12.3 Å². The standard InChI is InChI=1S/C6H12P2.2FH/c1-3-5-7-8-6-4-2;;/h3-4,7-8H,1-2,5-6H2;2*1H. The fraction of sp³-hybridized carbons (Fsp3) is 0.333. The van der Waals surface area contributed by atoms with E-state index in [0.29, 0.717) is 0 Å². The van der Waals surface area contributed by atoms with Gasteiger partial charge in [-0.2, -0.15) is 0 Å². The molecule has 0 aromatic carbocycles. The second-order valence-corrected chi connectivity index (χ2v) is 4.98. The highest BCUT2D eigenvalue weighted by Gasteiger charge is 1.77. The van der Waals surface area contributed by atoms with Crippen molar-refractivity contribution in [3.8, 4) is 0 Å². The zero-order valence-electron chi connectivity index (χ0n) is 5.80. The van der Waals surface area contributed by atoms with Crippen LogP contribution in [0.2, 0.25) is 0 Å². The first-order chi connectivity index (χ1) is 3.91. The van der Waals surface area contributed by atoms with Crippen LogP contribution in [0.3, 0.4) is 0 Å². The van der Waals surface area contributed by atoms with Gasteiger partial charge in [-0.05, 0) is 12.3 Å². The first kappa shape index (κ1) is 16.7. The number of halogens is 2. The maximum atomic E-state index is 3.64. The lowest BCUT2D eigenvalue weighted by molar-refractivity contribution is 1.11. The Kier molecular flexibility index (Phi) is 26.8. The molecular formula is C6H14F2P2. The quantitative estimate of drug-likeness (QED) is 0.352.